The standard InChI is InChI=1S/C23H22N6O/c1-17-8-9-29(26-17)22-15-21(24-16-25-22)27-10-12-28(13-11-27)23(30)20-7-6-18-4-2-3-5-19(18)14-20/h2-9,14-16H,10-13H2,1H3. The van der Waals surface area contributed by atoms with Gasteiger partial charge >= 0.3 is 0 Å². The molecule has 5 rings (SSSR count). The number of aryl methyl sites for hydroxylation is 1. The Morgan fingerprint density at radius 3 is 2.40 bits per heavy atom. The summed E-state index contributed by atoms with van der Waals surface area (Å²) in [6.45, 7) is 4.73. The van der Waals surface area contributed by atoms with Gasteiger partial charge in [0.05, 0.1) is 5.69 Å². The zero-order valence-corrected chi connectivity index (χ0v) is 16.8. The van der Waals surface area contributed by atoms with Gasteiger partial charge in [0.1, 0.15) is 12.1 Å². The normalized spacial score (nSPS) is 14.3. The van der Waals surface area contributed by atoms with E-state index in [2.05, 4.69) is 26.0 Å². The largest absolute Gasteiger partial charge is 0.353 e. The van der Waals surface area contributed by atoms with Crippen molar-refractivity contribution in [1.82, 2.24) is 24.6 Å². The van der Waals surface area contributed by atoms with Crippen molar-refractivity contribution in [1.29, 1.82) is 0 Å². The van der Waals surface area contributed by atoms with E-state index in [9.17, 15) is 4.79 Å². The number of piperazine rings is 1. The number of hydrogen-bond donors (Lipinski definition) is 0. The molecule has 7 nitrogen and oxygen atoms in total. The average Bonchev–Trinajstić information content (AvgIpc) is 3.25. The van der Waals surface area contributed by atoms with Crippen LogP contribution in [0, 0.1) is 6.92 Å². The first-order valence-corrected chi connectivity index (χ1v) is 10.1. The van der Waals surface area contributed by atoms with E-state index < -0.39 is 0 Å². The highest BCUT2D eigenvalue weighted by molar-refractivity contribution is 5.98. The molecule has 0 N–H and O–H groups in total. The highest BCUT2D eigenvalue weighted by Crippen LogP contribution is 2.20. The quantitative estimate of drug-likeness (QED) is 0.531. The maximum atomic E-state index is 13.0. The van der Waals surface area contributed by atoms with Gasteiger partial charge in [-0.05, 0) is 35.9 Å². The van der Waals surface area contributed by atoms with Crippen LogP contribution in [0.4, 0.5) is 5.82 Å². The maximum absolute atomic E-state index is 13.0. The molecule has 0 radical (unpaired) electrons. The average molecular weight is 398 g/mol. The molecule has 150 valence electrons. The van der Waals surface area contributed by atoms with Crippen molar-refractivity contribution in [3.05, 3.63) is 78.4 Å². The molecule has 1 amide bonds. The summed E-state index contributed by atoms with van der Waals surface area (Å²) in [5.74, 6) is 1.67. The number of carbonyl (C=O) groups is 1. The number of anilines is 1. The number of amides is 1. The fourth-order valence-corrected chi connectivity index (χ4v) is 3.82. The van der Waals surface area contributed by atoms with Crippen LogP contribution in [0.3, 0.4) is 0 Å². The molecule has 4 aromatic rings. The van der Waals surface area contributed by atoms with Gasteiger partial charge in [-0.15, -0.1) is 0 Å². The Morgan fingerprint density at radius 1 is 0.867 bits per heavy atom. The van der Waals surface area contributed by atoms with Crippen LogP contribution in [0.15, 0.2) is 67.1 Å². The third kappa shape index (κ3) is 3.50. The smallest absolute Gasteiger partial charge is 0.253 e. The lowest BCUT2D eigenvalue weighted by molar-refractivity contribution is 0.0746. The SMILES string of the molecule is Cc1ccn(-c2cc(N3CCN(C(=O)c4ccc5ccccc5c4)CC3)ncn2)n1. The minimum atomic E-state index is 0.0794. The Morgan fingerprint density at radius 2 is 1.63 bits per heavy atom. The van der Waals surface area contributed by atoms with Crippen LogP contribution in [-0.4, -0.2) is 56.7 Å². The Kier molecular flexibility index (Phi) is 4.63. The van der Waals surface area contributed by atoms with Gasteiger partial charge in [-0.25, -0.2) is 14.6 Å². The summed E-state index contributed by atoms with van der Waals surface area (Å²) in [5, 5.41) is 6.64. The number of carbonyl (C=O) groups excluding carboxylic acids is 1. The van der Waals surface area contributed by atoms with Gasteiger partial charge in [-0.1, -0.05) is 30.3 Å². The number of fused-ring (bicyclic) bond motifs is 1. The number of benzene rings is 2. The van der Waals surface area contributed by atoms with E-state index >= 15 is 0 Å². The number of hydrogen-bond acceptors (Lipinski definition) is 5. The van der Waals surface area contributed by atoms with E-state index in [0.29, 0.717) is 13.1 Å². The second kappa shape index (κ2) is 7.59. The minimum Gasteiger partial charge on any atom is -0.353 e. The van der Waals surface area contributed by atoms with Crippen LogP contribution in [0.5, 0.6) is 0 Å². The van der Waals surface area contributed by atoms with Gasteiger partial charge in [-0.2, -0.15) is 5.10 Å². The molecule has 30 heavy (non-hydrogen) atoms. The maximum Gasteiger partial charge on any atom is 0.253 e. The van der Waals surface area contributed by atoms with Crippen LogP contribution in [0.2, 0.25) is 0 Å². The van der Waals surface area contributed by atoms with Crippen LogP contribution in [-0.2, 0) is 0 Å². The molecule has 1 aliphatic rings. The minimum absolute atomic E-state index is 0.0794. The van der Waals surface area contributed by atoms with Crippen molar-refractivity contribution in [3.63, 3.8) is 0 Å². The topological polar surface area (TPSA) is 67.2 Å². The summed E-state index contributed by atoms with van der Waals surface area (Å²) in [4.78, 5) is 25.9. The Bertz CT molecular complexity index is 1210. The molecule has 0 atom stereocenters. The lowest BCUT2D eigenvalue weighted by atomic mass is 10.1. The monoisotopic (exact) mass is 398 g/mol. The van der Waals surface area contributed by atoms with Gasteiger partial charge in [0.25, 0.3) is 5.91 Å². The lowest BCUT2D eigenvalue weighted by Gasteiger charge is -2.35. The molecule has 0 bridgehead atoms. The zero-order valence-electron chi connectivity index (χ0n) is 16.8. The van der Waals surface area contributed by atoms with Crippen LogP contribution >= 0.6 is 0 Å². The lowest BCUT2D eigenvalue weighted by Crippen LogP contribution is -2.49. The summed E-state index contributed by atoms with van der Waals surface area (Å²) >= 11 is 0. The van der Waals surface area contributed by atoms with E-state index in [1.165, 1.54) is 0 Å². The molecule has 0 unspecified atom stereocenters. The summed E-state index contributed by atoms with van der Waals surface area (Å²) in [6.07, 6.45) is 3.45. The fourth-order valence-electron chi connectivity index (χ4n) is 3.82. The molecular weight excluding hydrogens is 376 g/mol. The molecule has 0 saturated carbocycles. The first-order valence-electron chi connectivity index (χ1n) is 10.1. The Labute approximate surface area is 174 Å². The highest BCUT2D eigenvalue weighted by Gasteiger charge is 2.23. The Hall–Kier alpha value is -3.74. The molecule has 2 aromatic heterocycles. The van der Waals surface area contributed by atoms with Crippen molar-refractivity contribution in [2.45, 2.75) is 6.92 Å². The van der Waals surface area contributed by atoms with Gasteiger partial charge in [-0.3, -0.25) is 4.79 Å². The number of rotatable bonds is 3. The molecule has 1 aliphatic heterocycles. The molecule has 3 heterocycles. The van der Waals surface area contributed by atoms with Crippen LogP contribution < -0.4 is 4.90 Å². The van der Waals surface area contributed by atoms with Crippen molar-refractivity contribution in [2.75, 3.05) is 31.1 Å². The van der Waals surface area contributed by atoms with E-state index in [1.807, 2.05) is 66.6 Å². The number of aromatic nitrogens is 4. The molecule has 1 saturated heterocycles. The highest BCUT2D eigenvalue weighted by atomic mass is 16.2. The second-order valence-electron chi connectivity index (χ2n) is 7.48. The molecule has 2 aromatic carbocycles. The van der Waals surface area contributed by atoms with Crippen molar-refractivity contribution in [3.8, 4) is 5.82 Å². The first kappa shape index (κ1) is 18.3. The van der Waals surface area contributed by atoms with Crippen LogP contribution in [0.25, 0.3) is 16.6 Å². The van der Waals surface area contributed by atoms with Crippen molar-refractivity contribution in [2.24, 2.45) is 0 Å². The van der Waals surface area contributed by atoms with Gasteiger partial charge in [0, 0.05) is 44.0 Å². The van der Waals surface area contributed by atoms with E-state index in [-0.39, 0.29) is 5.91 Å². The zero-order chi connectivity index (χ0) is 20.5. The van der Waals surface area contributed by atoms with Gasteiger partial charge < -0.3 is 9.80 Å². The molecule has 0 spiro atoms. The summed E-state index contributed by atoms with van der Waals surface area (Å²) in [6, 6.07) is 17.9. The predicted molar refractivity (Wildman–Crippen MR) is 116 cm³/mol. The fraction of sp³-hybridized carbons (Fsp3) is 0.217. The second-order valence-corrected chi connectivity index (χ2v) is 7.48. The molecular formula is C23H22N6O. The van der Waals surface area contributed by atoms with E-state index in [4.69, 9.17) is 0 Å². The molecule has 0 aliphatic carbocycles. The predicted octanol–water partition coefficient (Wildman–Crippen LogP) is 3.09. The third-order valence-corrected chi connectivity index (χ3v) is 5.48. The Balaban J connectivity index is 1.28. The van der Waals surface area contributed by atoms with Crippen molar-refractivity contribution < 1.29 is 4.79 Å². The first-order chi connectivity index (χ1) is 14.7. The van der Waals surface area contributed by atoms with Crippen LogP contribution in [0.1, 0.15) is 16.1 Å². The number of nitrogens with zero attached hydrogens (tertiary/aromatic N) is 6. The van der Waals surface area contributed by atoms with E-state index in [0.717, 1.165) is 46.8 Å². The summed E-state index contributed by atoms with van der Waals surface area (Å²) < 4.78 is 1.75. The van der Waals surface area contributed by atoms with Crippen molar-refractivity contribution >= 4 is 22.5 Å². The summed E-state index contributed by atoms with van der Waals surface area (Å²) in [5.41, 5.74) is 1.68. The summed E-state index contributed by atoms with van der Waals surface area (Å²) in [7, 11) is 0. The van der Waals surface area contributed by atoms with Gasteiger partial charge in [0.2, 0.25) is 0 Å². The third-order valence-electron chi connectivity index (χ3n) is 5.48. The molecule has 1 fully saturated rings. The van der Waals surface area contributed by atoms with E-state index in [1.54, 1.807) is 11.0 Å². The van der Waals surface area contributed by atoms with Gasteiger partial charge in [0.15, 0.2) is 5.82 Å². The molecule has 7 heteroatoms.